The van der Waals surface area contributed by atoms with Crippen molar-refractivity contribution in [1.29, 1.82) is 0 Å². The molecule has 3 aliphatic rings. The molecule has 1 aliphatic heterocycles. The van der Waals surface area contributed by atoms with Crippen LogP contribution in [0.1, 0.15) is 32.1 Å². The summed E-state index contributed by atoms with van der Waals surface area (Å²) in [5, 5.41) is 3.73. The van der Waals surface area contributed by atoms with E-state index in [1.165, 1.54) is 32.2 Å². The average Bonchev–Trinajstić information content (AvgIpc) is 2.49. The van der Waals surface area contributed by atoms with Gasteiger partial charge in [0, 0.05) is 5.54 Å². The summed E-state index contributed by atoms with van der Waals surface area (Å²) >= 11 is 0. The van der Waals surface area contributed by atoms with Crippen LogP contribution in [0, 0.1) is 11.8 Å². The van der Waals surface area contributed by atoms with Crippen LogP contribution in [0.3, 0.4) is 0 Å². The first-order valence-electron chi connectivity index (χ1n) is 4.66. The summed E-state index contributed by atoms with van der Waals surface area (Å²) in [4.78, 5) is 0. The smallest absolute Gasteiger partial charge is 0.0213 e. The summed E-state index contributed by atoms with van der Waals surface area (Å²) < 4.78 is 0. The van der Waals surface area contributed by atoms with E-state index in [4.69, 9.17) is 0 Å². The van der Waals surface area contributed by atoms with Gasteiger partial charge in [0.25, 0.3) is 0 Å². The Morgan fingerprint density at radius 2 is 2.00 bits per heavy atom. The van der Waals surface area contributed by atoms with Gasteiger partial charge in [0.2, 0.25) is 0 Å². The van der Waals surface area contributed by atoms with Crippen molar-refractivity contribution in [3.63, 3.8) is 0 Å². The molecule has 2 atom stereocenters. The first-order valence-corrected chi connectivity index (χ1v) is 4.66. The maximum absolute atomic E-state index is 3.73. The van der Waals surface area contributed by atoms with Gasteiger partial charge in [0.05, 0.1) is 0 Å². The maximum atomic E-state index is 3.73. The zero-order chi connectivity index (χ0) is 6.60. The van der Waals surface area contributed by atoms with Gasteiger partial charge < -0.3 is 5.32 Å². The summed E-state index contributed by atoms with van der Waals surface area (Å²) in [6.45, 7) is 1.34. The minimum absolute atomic E-state index is 0.671. The van der Waals surface area contributed by atoms with Gasteiger partial charge in [-0.15, -0.1) is 0 Å². The highest BCUT2D eigenvalue weighted by Gasteiger charge is 2.57. The lowest BCUT2D eigenvalue weighted by Crippen LogP contribution is -2.40. The first-order chi connectivity index (χ1) is 4.91. The molecule has 0 radical (unpaired) electrons. The quantitative estimate of drug-likeness (QED) is 0.534. The molecule has 1 N–H and O–H groups in total. The molecular weight excluding hydrogens is 122 g/mol. The highest BCUT2D eigenvalue weighted by molar-refractivity contribution is 5.14. The molecule has 2 unspecified atom stereocenters. The molecule has 3 fully saturated rings. The third-order valence-electron chi connectivity index (χ3n) is 3.84. The van der Waals surface area contributed by atoms with E-state index >= 15 is 0 Å². The summed E-state index contributed by atoms with van der Waals surface area (Å²) in [5.41, 5.74) is 0.671. The van der Waals surface area contributed by atoms with Crippen LogP contribution in [0.5, 0.6) is 0 Å². The van der Waals surface area contributed by atoms with Crippen molar-refractivity contribution in [2.75, 3.05) is 6.54 Å². The van der Waals surface area contributed by atoms with Crippen molar-refractivity contribution >= 4 is 0 Å². The Balaban J connectivity index is 1.89. The molecule has 0 aromatic rings. The lowest BCUT2D eigenvalue weighted by Gasteiger charge is -2.25. The van der Waals surface area contributed by atoms with Crippen LogP contribution < -0.4 is 5.32 Å². The number of hydrogen-bond donors (Lipinski definition) is 1. The SMILES string of the molecule is C1CCC2(C1)NCC1CC12. The van der Waals surface area contributed by atoms with Gasteiger partial charge in [-0.05, 0) is 37.6 Å². The number of fused-ring (bicyclic) bond motifs is 2. The van der Waals surface area contributed by atoms with Crippen LogP contribution in [0.25, 0.3) is 0 Å². The summed E-state index contributed by atoms with van der Waals surface area (Å²) in [6, 6.07) is 0. The fourth-order valence-corrected chi connectivity index (χ4v) is 3.17. The van der Waals surface area contributed by atoms with Gasteiger partial charge in [0.1, 0.15) is 0 Å². The van der Waals surface area contributed by atoms with Crippen LogP contribution in [0.4, 0.5) is 0 Å². The summed E-state index contributed by atoms with van der Waals surface area (Å²) in [6.07, 6.45) is 7.47. The Morgan fingerprint density at radius 3 is 2.50 bits per heavy atom. The van der Waals surface area contributed by atoms with Crippen molar-refractivity contribution in [3.8, 4) is 0 Å². The molecule has 0 aromatic heterocycles. The highest BCUT2D eigenvalue weighted by atomic mass is 15.1. The summed E-state index contributed by atoms with van der Waals surface area (Å²) in [5.74, 6) is 2.20. The van der Waals surface area contributed by atoms with Gasteiger partial charge in [0.15, 0.2) is 0 Å². The van der Waals surface area contributed by atoms with Crippen LogP contribution >= 0.6 is 0 Å². The predicted molar refractivity (Wildman–Crippen MR) is 40.8 cm³/mol. The number of nitrogens with one attached hydrogen (secondary N) is 1. The molecule has 1 heterocycles. The monoisotopic (exact) mass is 137 g/mol. The normalized spacial score (nSPS) is 48.0. The van der Waals surface area contributed by atoms with Crippen LogP contribution in [0.15, 0.2) is 0 Å². The Kier molecular flexibility index (Phi) is 0.883. The van der Waals surface area contributed by atoms with Crippen molar-refractivity contribution in [2.45, 2.75) is 37.6 Å². The third-order valence-corrected chi connectivity index (χ3v) is 3.84. The average molecular weight is 137 g/mol. The summed E-state index contributed by atoms with van der Waals surface area (Å²) in [7, 11) is 0. The Hall–Kier alpha value is -0.0400. The van der Waals surface area contributed by atoms with Crippen LogP contribution in [-0.2, 0) is 0 Å². The van der Waals surface area contributed by atoms with Crippen molar-refractivity contribution in [1.82, 2.24) is 5.32 Å². The molecule has 1 spiro atoms. The standard InChI is InChI=1S/C9H15N/c1-2-4-9(3-1)8-5-7(8)6-10-9/h7-8,10H,1-6H2. The lowest BCUT2D eigenvalue weighted by molar-refractivity contribution is 0.337. The maximum Gasteiger partial charge on any atom is 0.0213 e. The second kappa shape index (κ2) is 1.58. The molecule has 0 bridgehead atoms. The zero-order valence-electron chi connectivity index (χ0n) is 6.40. The minimum Gasteiger partial charge on any atom is -0.311 e. The predicted octanol–water partition coefficient (Wildman–Crippen LogP) is 1.54. The van der Waals surface area contributed by atoms with E-state index in [0.29, 0.717) is 5.54 Å². The molecule has 56 valence electrons. The van der Waals surface area contributed by atoms with Crippen molar-refractivity contribution in [2.24, 2.45) is 11.8 Å². The Bertz CT molecular complexity index is 153. The fourth-order valence-electron chi connectivity index (χ4n) is 3.17. The van der Waals surface area contributed by atoms with E-state index in [1.54, 1.807) is 6.42 Å². The van der Waals surface area contributed by atoms with E-state index in [1.807, 2.05) is 0 Å². The number of rotatable bonds is 0. The zero-order valence-corrected chi connectivity index (χ0v) is 6.40. The van der Waals surface area contributed by atoms with E-state index in [9.17, 15) is 0 Å². The van der Waals surface area contributed by atoms with Crippen LogP contribution in [-0.4, -0.2) is 12.1 Å². The van der Waals surface area contributed by atoms with Crippen molar-refractivity contribution < 1.29 is 0 Å². The van der Waals surface area contributed by atoms with Gasteiger partial charge in [-0.3, -0.25) is 0 Å². The topological polar surface area (TPSA) is 12.0 Å². The lowest BCUT2D eigenvalue weighted by atomic mass is 9.93. The number of piperidine rings is 1. The van der Waals surface area contributed by atoms with Gasteiger partial charge in [-0.2, -0.15) is 0 Å². The second-order valence-electron chi connectivity index (χ2n) is 4.35. The molecular formula is C9H15N. The minimum atomic E-state index is 0.671. The molecule has 2 aliphatic carbocycles. The molecule has 1 heteroatoms. The number of hydrogen-bond acceptors (Lipinski definition) is 1. The van der Waals surface area contributed by atoms with E-state index in [0.717, 1.165) is 11.8 Å². The third kappa shape index (κ3) is 0.531. The largest absolute Gasteiger partial charge is 0.311 e. The van der Waals surface area contributed by atoms with E-state index in [-0.39, 0.29) is 0 Å². The Morgan fingerprint density at radius 1 is 1.20 bits per heavy atom. The van der Waals surface area contributed by atoms with Crippen molar-refractivity contribution in [3.05, 3.63) is 0 Å². The molecule has 0 amide bonds. The second-order valence-corrected chi connectivity index (χ2v) is 4.35. The fraction of sp³-hybridized carbons (Fsp3) is 1.00. The molecule has 10 heavy (non-hydrogen) atoms. The van der Waals surface area contributed by atoms with Gasteiger partial charge in [-0.1, -0.05) is 12.8 Å². The highest BCUT2D eigenvalue weighted by Crippen LogP contribution is 2.56. The first kappa shape index (κ1) is 5.59. The molecule has 3 rings (SSSR count). The van der Waals surface area contributed by atoms with Crippen LogP contribution in [0.2, 0.25) is 0 Å². The molecule has 0 aromatic carbocycles. The molecule has 1 saturated heterocycles. The van der Waals surface area contributed by atoms with Gasteiger partial charge in [-0.25, -0.2) is 0 Å². The Labute approximate surface area is 62.2 Å². The van der Waals surface area contributed by atoms with E-state index < -0.39 is 0 Å². The van der Waals surface area contributed by atoms with E-state index in [2.05, 4.69) is 5.32 Å². The van der Waals surface area contributed by atoms with Gasteiger partial charge >= 0.3 is 0 Å². The molecule has 2 saturated carbocycles. The molecule has 1 nitrogen and oxygen atoms in total.